The van der Waals surface area contributed by atoms with Crippen LogP contribution in [-0.2, 0) is 28.6 Å². The van der Waals surface area contributed by atoms with Crippen molar-refractivity contribution in [2.45, 2.75) is 44.9 Å². The van der Waals surface area contributed by atoms with Gasteiger partial charge in [-0.3, -0.25) is 4.79 Å². The first kappa shape index (κ1) is 37.1. The molecule has 0 spiro atoms. The Morgan fingerprint density at radius 1 is 0.625 bits per heavy atom. The van der Waals surface area contributed by atoms with Crippen LogP contribution in [0.5, 0.6) is 17.2 Å². The van der Waals surface area contributed by atoms with Crippen LogP contribution in [-0.4, -0.2) is 57.4 Å². The van der Waals surface area contributed by atoms with E-state index in [-0.39, 0.29) is 18.6 Å². The summed E-state index contributed by atoms with van der Waals surface area (Å²) >= 11 is 0. The maximum absolute atomic E-state index is 12.7. The lowest BCUT2D eigenvalue weighted by Crippen LogP contribution is -2.12. The second kappa shape index (κ2) is 20.7. The van der Waals surface area contributed by atoms with Gasteiger partial charge in [-0.05, 0) is 98.2 Å². The molecule has 0 radical (unpaired) electrons. The molecule has 10 heteroatoms. The lowest BCUT2D eigenvalue weighted by Gasteiger charge is -2.09. The predicted molar refractivity (Wildman–Crippen MR) is 180 cm³/mol. The Hall–Kier alpha value is -5.38. The zero-order valence-corrected chi connectivity index (χ0v) is 27.3. The van der Waals surface area contributed by atoms with Gasteiger partial charge in [0.15, 0.2) is 0 Å². The topological polar surface area (TPSA) is 124 Å². The normalized spacial score (nSPS) is 10.4. The van der Waals surface area contributed by atoms with Crippen molar-refractivity contribution in [3.8, 4) is 28.4 Å². The molecule has 3 aromatic carbocycles. The highest BCUT2D eigenvalue weighted by Gasteiger charge is 2.13. The van der Waals surface area contributed by atoms with Crippen LogP contribution in [0.4, 0.5) is 0 Å². The van der Waals surface area contributed by atoms with Crippen LogP contribution in [0, 0.1) is 0 Å². The fourth-order valence-corrected chi connectivity index (χ4v) is 4.27. The third-order valence-electron chi connectivity index (χ3n) is 6.98. The fourth-order valence-electron chi connectivity index (χ4n) is 4.27. The minimum atomic E-state index is -0.588. The van der Waals surface area contributed by atoms with E-state index >= 15 is 0 Å². The summed E-state index contributed by atoms with van der Waals surface area (Å²) in [6.07, 6.45) is 5.70. The van der Waals surface area contributed by atoms with Gasteiger partial charge in [0.05, 0.1) is 45.5 Å². The van der Waals surface area contributed by atoms with Crippen LogP contribution in [0.15, 0.2) is 97.6 Å². The first-order chi connectivity index (χ1) is 23.3. The molecule has 0 heterocycles. The third-order valence-corrected chi connectivity index (χ3v) is 6.98. The lowest BCUT2D eigenvalue weighted by atomic mass is 10.1. The maximum atomic E-state index is 12.7. The zero-order valence-electron chi connectivity index (χ0n) is 27.3. The average Bonchev–Trinajstić information content (AvgIpc) is 3.11. The van der Waals surface area contributed by atoms with E-state index < -0.39 is 23.9 Å². The standard InChI is InChI=1S/C38H42O10/c1-4-35(39)46-25-10-9-24-45-32-17-11-29(12-18-32)30-13-21-34(22-14-30)48-38(42)31-15-19-33(20-16-31)44-23-7-5-6-8-26-47-37(41)28(2)27-36(40)43-3/h4,11-22H,1-2,5-10,23-27H2,3H3. The highest BCUT2D eigenvalue weighted by atomic mass is 16.5. The number of methoxy groups -OCH3 is 1. The molecule has 3 aromatic rings. The first-order valence-corrected chi connectivity index (χ1v) is 15.8. The highest BCUT2D eigenvalue weighted by Crippen LogP contribution is 2.25. The third kappa shape index (κ3) is 13.5. The predicted octanol–water partition coefficient (Wildman–Crippen LogP) is 7.06. The van der Waals surface area contributed by atoms with Crippen molar-refractivity contribution in [3.63, 3.8) is 0 Å². The van der Waals surface area contributed by atoms with E-state index in [9.17, 15) is 19.2 Å². The van der Waals surface area contributed by atoms with Gasteiger partial charge in [-0.25, -0.2) is 14.4 Å². The van der Waals surface area contributed by atoms with Crippen molar-refractivity contribution in [1.82, 2.24) is 0 Å². The van der Waals surface area contributed by atoms with Gasteiger partial charge in [0.1, 0.15) is 17.2 Å². The summed E-state index contributed by atoms with van der Waals surface area (Å²) in [5.41, 5.74) is 2.44. The summed E-state index contributed by atoms with van der Waals surface area (Å²) in [5.74, 6) is -0.174. The molecule has 0 aliphatic heterocycles. The molecular weight excluding hydrogens is 616 g/mol. The van der Waals surface area contributed by atoms with Gasteiger partial charge in [0.25, 0.3) is 0 Å². The minimum Gasteiger partial charge on any atom is -0.494 e. The van der Waals surface area contributed by atoms with E-state index in [0.29, 0.717) is 49.7 Å². The molecule has 254 valence electrons. The second-order valence-electron chi connectivity index (χ2n) is 10.6. The summed E-state index contributed by atoms with van der Waals surface area (Å²) < 4.78 is 31.6. The van der Waals surface area contributed by atoms with Crippen LogP contribution >= 0.6 is 0 Å². The quantitative estimate of drug-likeness (QED) is 0.0386. The van der Waals surface area contributed by atoms with Crippen LogP contribution in [0.1, 0.15) is 55.3 Å². The molecule has 0 saturated carbocycles. The Kier molecular flexibility index (Phi) is 16.0. The minimum absolute atomic E-state index is 0.0749. The molecule has 0 aliphatic rings. The van der Waals surface area contributed by atoms with Gasteiger partial charge < -0.3 is 28.4 Å². The van der Waals surface area contributed by atoms with E-state index in [1.165, 1.54) is 7.11 Å². The van der Waals surface area contributed by atoms with Crippen molar-refractivity contribution in [1.29, 1.82) is 0 Å². The summed E-state index contributed by atoms with van der Waals surface area (Å²) in [7, 11) is 1.25. The Labute approximate surface area is 281 Å². The molecule has 0 N–H and O–H groups in total. The largest absolute Gasteiger partial charge is 0.494 e. The van der Waals surface area contributed by atoms with Crippen molar-refractivity contribution in [2.75, 3.05) is 33.5 Å². The molecule has 48 heavy (non-hydrogen) atoms. The molecule has 0 amide bonds. The van der Waals surface area contributed by atoms with Gasteiger partial charge in [0, 0.05) is 11.6 Å². The van der Waals surface area contributed by atoms with Crippen molar-refractivity contribution >= 4 is 23.9 Å². The van der Waals surface area contributed by atoms with Crippen molar-refractivity contribution in [3.05, 3.63) is 103 Å². The Morgan fingerprint density at radius 2 is 1.10 bits per heavy atom. The van der Waals surface area contributed by atoms with Gasteiger partial charge in [-0.1, -0.05) is 37.4 Å². The number of ether oxygens (including phenoxy) is 6. The number of esters is 4. The van der Waals surface area contributed by atoms with Crippen LogP contribution in [0.25, 0.3) is 11.1 Å². The number of hydrogen-bond donors (Lipinski definition) is 0. The molecule has 0 aliphatic carbocycles. The molecule has 0 atom stereocenters. The Balaban J connectivity index is 1.31. The highest BCUT2D eigenvalue weighted by molar-refractivity contribution is 5.93. The monoisotopic (exact) mass is 658 g/mol. The molecule has 0 fully saturated rings. The maximum Gasteiger partial charge on any atom is 0.343 e. The molecule has 0 unspecified atom stereocenters. The van der Waals surface area contributed by atoms with E-state index in [4.69, 9.17) is 23.7 Å². The van der Waals surface area contributed by atoms with Gasteiger partial charge in [0.2, 0.25) is 0 Å². The number of benzene rings is 3. The SMILES string of the molecule is C=CC(=O)OCCCCOc1ccc(-c2ccc(OC(=O)c3ccc(OCCCCCCOC(=O)C(=C)CC(=O)OC)cc3)cc2)cc1. The zero-order chi connectivity index (χ0) is 34.6. The van der Waals surface area contributed by atoms with E-state index in [0.717, 1.165) is 48.6 Å². The van der Waals surface area contributed by atoms with Crippen molar-refractivity contribution in [2.24, 2.45) is 0 Å². The summed E-state index contributed by atoms with van der Waals surface area (Å²) in [6.45, 7) is 8.54. The van der Waals surface area contributed by atoms with E-state index in [1.54, 1.807) is 36.4 Å². The van der Waals surface area contributed by atoms with E-state index in [1.807, 2.05) is 36.4 Å². The first-order valence-electron chi connectivity index (χ1n) is 15.8. The Morgan fingerprint density at radius 3 is 1.67 bits per heavy atom. The molecule has 10 nitrogen and oxygen atoms in total. The van der Waals surface area contributed by atoms with Gasteiger partial charge >= 0.3 is 23.9 Å². The average molecular weight is 659 g/mol. The van der Waals surface area contributed by atoms with Crippen LogP contribution in [0.3, 0.4) is 0 Å². The fraction of sp³-hybridized carbons (Fsp3) is 0.316. The second-order valence-corrected chi connectivity index (χ2v) is 10.6. The number of unbranched alkanes of at least 4 members (excludes halogenated alkanes) is 4. The smallest absolute Gasteiger partial charge is 0.343 e. The van der Waals surface area contributed by atoms with Crippen LogP contribution in [0.2, 0.25) is 0 Å². The van der Waals surface area contributed by atoms with Gasteiger partial charge in [-0.2, -0.15) is 0 Å². The summed E-state index contributed by atoms with van der Waals surface area (Å²) in [4.78, 5) is 46.7. The number of carbonyl (C=O) groups excluding carboxylic acids is 4. The Bertz CT molecular complexity index is 1490. The summed E-state index contributed by atoms with van der Waals surface area (Å²) in [6, 6.07) is 21.8. The molecular formula is C38H42O10. The number of rotatable bonds is 21. The van der Waals surface area contributed by atoms with Crippen LogP contribution < -0.4 is 14.2 Å². The molecule has 3 rings (SSSR count). The summed E-state index contributed by atoms with van der Waals surface area (Å²) in [5, 5.41) is 0. The molecule has 0 aromatic heterocycles. The molecule has 0 bridgehead atoms. The van der Waals surface area contributed by atoms with E-state index in [2.05, 4.69) is 17.9 Å². The van der Waals surface area contributed by atoms with Crippen molar-refractivity contribution < 1.29 is 47.6 Å². The number of hydrogen-bond acceptors (Lipinski definition) is 10. The van der Waals surface area contributed by atoms with Gasteiger partial charge in [-0.15, -0.1) is 0 Å². The molecule has 0 saturated heterocycles. The lowest BCUT2D eigenvalue weighted by molar-refractivity contribution is -0.144. The number of carbonyl (C=O) groups is 4.